The second-order valence-electron chi connectivity index (χ2n) is 7.88. The molecule has 0 amide bonds. The molecule has 2 aromatic rings. The first-order valence-corrected chi connectivity index (χ1v) is 10.5. The second kappa shape index (κ2) is 9.75. The highest BCUT2D eigenvalue weighted by Crippen LogP contribution is 2.15. The Morgan fingerprint density at radius 3 is 2.24 bits per heavy atom. The molecule has 4 heteroatoms. The van der Waals surface area contributed by atoms with E-state index in [0.29, 0.717) is 6.61 Å². The van der Waals surface area contributed by atoms with Crippen LogP contribution in [-0.2, 0) is 24.3 Å². The average Bonchev–Trinajstić information content (AvgIpc) is 3.27. The van der Waals surface area contributed by atoms with Gasteiger partial charge in [0.25, 0.3) is 0 Å². The van der Waals surface area contributed by atoms with Crippen molar-refractivity contribution in [1.29, 1.82) is 0 Å². The first-order valence-electron chi connectivity index (χ1n) is 10.5. The van der Waals surface area contributed by atoms with E-state index >= 15 is 0 Å². The van der Waals surface area contributed by atoms with Crippen LogP contribution in [0, 0.1) is 5.82 Å². The smallest absolute Gasteiger partial charge is 0.123 e. The number of rotatable bonds is 8. The summed E-state index contributed by atoms with van der Waals surface area (Å²) in [5, 5.41) is 0. The Morgan fingerprint density at radius 1 is 0.862 bits per heavy atom. The number of nitrogens with zero attached hydrogens (tertiary/aromatic N) is 2. The molecule has 0 spiro atoms. The van der Waals surface area contributed by atoms with Gasteiger partial charge in [-0.15, -0.1) is 0 Å². The first-order chi connectivity index (χ1) is 14.2. The van der Waals surface area contributed by atoms with Crippen molar-refractivity contribution in [1.82, 2.24) is 9.80 Å². The van der Waals surface area contributed by atoms with Gasteiger partial charge in [0.1, 0.15) is 18.2 Å². The molecule has 1 saturated heterocycles. The van der Waals surface area contributed by atoms with Crippen LogP contribution in [0.4, 0.5) is 4.39 Å². The summed E-state index contributed by atoms with van der Waals surface area (Å²) in [6.07, 6.45) is 9.92. The molecule has 0 atom stereocenters. The summed E-state index contributed by atoms with van der Waals surface area (Å²) in [5.74, 6) is 0.652. The summed E-state index contributed by atoms with van der Waals surface area (Å²) in [7, 11) is 0. The van der Waals surface area contributed by atoms with Crippen molar-refractivity contribution in [3.8, 4) is 0 Å². The van der Waals surface area contributed by atoms with E-state index in [-0.39, 0.29) is 5.82 Å². The molecular weight excluding hydrogens is 363 g/mol. The highest BCUT2D eigenvalue weighted by atomic mass is 19.1. The van der Waals surface area contributed by atoms with E-state index in [1.165, 1.54) is 49.2 Å². The molecule has 0 saturated carbocycles. The monoisotopic (exact) mass is 392 g/mol. The summed E-state index contributed by atoms with van der Waals surface area (Å²) in [5.41, 5.74) is 3.77. The normalized spacial score (nSPS) is 16.9. The molecule has 2 aliphatic rings. The number of hydrogen-bond acceptors (Lipinski definition) is 3. The topological polar surface area (TPSA) is 15.7 Å². The molecule has 0 bridgehead atoms. The van der Waals surface area contributed by atoms with Crippen LogP contribution in [0.2, 0.25) is 0 Å². The third-order valence-electron chi connectivity index (χ3n) is 5.61. The van der Waals surface area contributed by atoms with E-state index in [2.05, 4.69) is 46.3 Å². The molecule has 2 aliphatic heterocycles. The number of halogens is 1. The molecule has 0 aromatic heterocycles. The van der Waals surface area contributed by atoms with Gasteiger partial charge in [0.15, 0.2) is 0 Å². The highest BCUT2D eigenvalue weighted by molar-refractivity contribution is 5.24. The van der Waals surface area contributed by atoms with Crippen molar-refractivity contribution in [2.75, 3.05) is 26.2 Å². The minimum Gasteiger partial charge on any atom is -0.489 e. The van der Waals surface area contributed by atoms with Crippen molar-refractivity contribution in [3.63, 3.8) is 0 Å². The van der Waals surface area contributed by atoms with Crippen molar-refractivity contribution >= 4 is 0 Å². The van der Waals surface area contributed by atoms with E-state index in [9.17, 15) is 4.39 Å². The molecule has 3 nitrogen and oxygen atoms in total. The van der Waals surface area contributed by atoms with Crippen LogP contribution in [0.5, 0.6) is 0 Å². The van der Waals surface area contributed by atoms with Gasteiger partial charge < -0.3 is 9.64 Å². The first kappa shape index (κ1) is 19.7. The molecular formula is C25H29FN2O. The van der Waals surface area contributed by atoms with Gasteiger partial charge in [-0.1, -0.05) is 36.4 Å². The number of allylic oxidation sites excluding steroid dienone is 1. The number of ether oxygens (including phenoxy) is 1. The Morgan fingerprint density at radius 2 is 1.55 bits per heavy atom. The predicted octanol–water partition coefficient (Wildman–Crippen LogP) is 4.89. The Labute approximate surface area is 173 Å². The fourth-order valence-electron chi connectivity index (χ4n) is 3.82. The Hall–Kier alpha value is -2.59. The zero-order chi connectivity index (χ0) is 19.9. The third-order valence-corrected chi connectivity index (χ3v) is 5.61. The van der Waals surface area contributed by atoms with Crippen LogP contribution in [0.15, 0.2) is 72.6 Å². The summed E-state index contributed by atoms with van der Waals surface area (Å²) in [6, 6.07) is 15.5. The lowest BCUT2D eigenvalue weighted by Crippen LogP contribution is -2.23. The second-order valence-corrected chi connectivity index (χ2v) is 7.88. The Kier molecular flexibility index (Phi) is 6.63. The summed E-state index contributed by atoms with van der Waals surface area (Å²) in [4.78, 5) is 4.83. The molecule has 0 radical (unpaired) electrons. The highest BCUT2D eigenvalue weighted by Gasteiger charge is 2.11. The number of hydrogen-bond donors (Lipinski definition) is 0. The molecule has 0 N–H and O–H groups in total. The van der Waals surface area contributed by atoms with E-state index in [0.717, 1.165) is 37.4 Å². The zero-order valence-electron chi connectivity index (χ0n) is 16.9. The van der Waals surface area contributed by atoms with E-state index in [1.807, 2.05) is 6.08 Å². The largest absolute Gasteiger partial charge is 0.489 e. The summed E-state index contributed by atoms with van der Waals surface area (Å²) in [6.45, 7) is 5.87. The maximum atomic E-state index is 13.0. The molecule has 2 heterocycles. The molecule has 0 aliphatic carbocycles. The standard InChI is InChI=1S/C25H29FN2O/c26-24-9-7-23(8-10-24)20-29-25-12-17-27(18-13-25)16-11-21-3-5-22(6-4-21)19-28-14-1-2-15-28/h3-10,12-13,17H,1-2,11,14-16,18-20H2. The van der Waals surface area contributed by atoms with Gasteiger partial charge in [-0.3, -0.25) is 4.90 Å². The van der Waals surface area contributed by atoms with Crippen LogP contribution >= 0.6 is 0 Å². The van der Waals surface area contributed by atoms with Gasteiger partial charge in [-0.05, 0) is 73.3 Å². The van der Waals surface area contributed by atoms with Gasteiger partial charge in [-0.25, -0.2) is 4.39 Å². The molecule has 0 unspecified atom stereocenters. The lowest BCUT2D eigenvalue weighted by molar-refractivity contribution is 0.205. The Bertz CT molecular complexity index is 836. The summed E-state index contributed by atoms with van der Waals surface area (Å²) >= 11 is 0. The maximum absolute atomic E-state index is 13.0. The lowest BCUT2D eigenvalue weighted by Gasteiger charge is -2.23. The minimum atomic E-state index is -0.220. The SMILES string of the molecule is Fc1ccc(COC2=CCN(CCc3ccc(CN4CCCC4)cc3)C=C2)cc1. The Balaban J connectivity index is 1.18. The van der Waals surface area contributed by atoms with Crippen LogP contribution in [0.3, 0.4) is 0 Å². The summed E-state index contributed by atoms with van der Waals surface area (Å²) < 4.78 is 18.8. The molecule has 4 rings (SSSR count). The minimum absolute atomic E-state index is 0.220. The van der Waals surface area contributed by atoms with E-state index < -0.39 is 0 Å². The van der Waals surface area contributed by atoms with E-state index in [4.69, 9.17) is 4.74 Å². The van der Waals surface area contributed by atoms with Crippen molar-refractivity contribution in [3.05, 3.63) is 95.1 Å². The third kappa shape index (κ3) is 5.94. The number of benzene rings is 2. The average molecular weight is 393 g/mol. The van der Waals surface area contributed by atoms with Gasteiger partial charge >= 0.3 is 0 Å². The van der Waals surface area contributed by atoms with E-state index in [1.54, 1.807) is 12.1 Å². The fourth-order valence-corrected chi connectivity index (χ4v) is 3.82. The molecule has 1 fully saturated rings. The predicted molar refractivity (Wildman–Crippen MR) is 115 cm³/mol. The fraction of sp³-hybridized carbons (Fsp3) is 0.360. The van der Waals surface area contributed by atoms with Crippen LogP contribution < -0.4 is 0 Å². The van der Waals surface area contributed by atoms with Gasteiger partial charge in [0.2, 0.25) is 0 Å². The van der Waals surface area contributed by atoms with Gasteiger partial charge in [0.05, 0.1) is 0 Å². The van der Waals surface area contributed by atoms with Crippen molar-refractivity contribution < 1.29 is 9.13 Å². The van der Waals surface area contributed by atoms with Gasteiger partial charge in [-0.2, -0.15) is 0 Å². The van der Waals surface area contributed by atoms with Crippen molar-refractivity contribution in [2.45, 2.75) is 32.4 Å². The van der Waals surface area contributed by atoms with Crippen LogP contribution in [-0.4, -0.2) is 36.0 Å². The molecule has 29 heavy (non-hydrogen) atoms. The quantitative estimate of drug-likeness (QED) is 0.636. The lowest BCUT2D eigenvalue weighted by atomic mass is 10.1. The molecule has 2 aromatic carbocycles. The zero-order valence-corrected chi connectivity index (χ0v) is 16.9. The number of likely N-dealkylation sites (tertiary alicyclic amines) is 1. The van der Waals surface area contributed by atoms with Gasteiger partial charge in [0, 0.05) is 25.8 Å². The van der Waals surface area contributed by atoms with Crippen LogP contribution in [0.25, 0.3) is 0 Å². The molecule has 152 valence electrons. The maximum Gasteiger partial charge on any atom is 0.123 e. The van der Waals surface area contributed by atoms with Crippen molar-refractivity contribution in [2.24, 2.45) is 0 Å². The van der Waals surface area contributed by atoms with Crippen LogP contribution in [0.1, 0.15) is 29.5 Å².